The monoisotopic (exact) mass is 301 g/mol. The topological polar surface area (TPSA) is 95.1 Å². The van der Waals surface area contributed by atoms with Crippen LogP contribution in [0.1, 0.15) is 11.4 Å². The highest BCUT2D eigenvalue weighted by atomic mass is 35.5. The van der Waals surface area contributed by atoms with Crippen molar-refractivity contribution in [2.75, 3.05) is 0 Å². The molecule has 1 aromatic heterocycles. The second-order valence-corrected chi connectivity index (χ2v) is 5.95. The number of hydrogen-bond acceptors (Lipinski definition) is 4. The Morgan fingerprint density at radius 1 is 1.42 bits per heavy atom. The average molecular weight is 302 g/mol. The van der Waals surface area contributed by atoms with Crippen LogP contribution >= 0.6 is 11.6 Å². The molecule has 19 heavy (non-hydrogen) atoms. The molecule has 0 spiro atoms. The third-order valence-electron chi connectivity index (χ3n) is 2.49. The van der Waals surface area contributed by atoms with Crippen LogP contribution < -0.4 is 4.72 Å². The van der Waals surface area contributed by atoms with Gasteiger partial charge in [0.2, 0.25) is 10.0 Å². The summed E-state index contributed by atoms with van der Waals surface area (Å²) in [7, 11) is -3.66. The molecular formula is C11H12ClN3O3S. The van der Waals surface area contributed by atoms with Gasteiger partial charge >= 0.3 is 0 Å². The Balaban J connectivity index is 2.17. The molecule has 8 heteroatoms. The Morgan fingerprint density at radius 3 is 2.79 bits per heavy atom. The molecule has 2 aromatic rings. The summed E-state index contributed by atoms with van der Waals surface area (Å²) in [4.78, 5) is 6.75. The summed E-state index contributed by atoms with van der Waals surface area (Å²) in [5, 5.41) is 9.19. The van der Waals surface area contributed by atoms with Crippen LogP contribution in [0.4, 0.5) is 0 Å². The number of aromatic amines is 1. The summed E-state index contributed by atoms with van der Waals surface area (Å²) in [6, 6.07) is 4.17. The number of nitrogens with one attached hydrogen (secondary N) is 2. The minimum atomic E-state index is -3.66. The normalized spacial score (nSPS) is 11.7. The summed E-state index contributed by atoms with van der Waals surface area (Å²) in [6.07, 6.45) is 3.15. The predicted octanol–water partition coefficient (Wildman–Crippen LogP) is 1.03. The molecule has 102 valence electrons. The van der Waals surface area contributed by atoms with Crippen molar-refractivity contribution in [2.24, 2.45) is 0 Å². The molecule has 6 nitrogen and oxygen atoms in total. The summed E-state index contributed by atoms with van der Waals surface area (Å²) in [6.45, 7) is -0.173. The number of imidazole rings is 1. The molecule has 0 saturated carbocycles. The lowest BCUT2D eigenvalue weighted by Crippen LogP contribution is -2.23. The van der Waals surface area contributed by atoms with E-state index in [1.54, 1.807) is 6.20 Å². The Bertz CT molecular complexity index is 656. The third kappa shape index (κ3) is 3.32. The van der Waals surface area contributed by atoms with E-state index in [1.165, 1.54) is 24.4 Å². The lowest BCUT2D eigenvalue weighted by atomic mass is 10.2. The highest BCUT2D eigenvalue weighted by molar-refractivity contribution is 7.89. The molecule has 0 bridgehead atoms. The molecule has 0 aliphatic heterocycles. The molecule has 0 radical (unpaired) electrons. The maximum Gasteiger partial charge on any atom is 0.241 e. The van der Waals surface area contributed by atoms with Gasteiger partial charge in [0, 0.05) is 17.4 Å². The number of aliphatic hydroxyl groups excluding tert-OH is 1. The van der Waals surface area contributed by atoms with E-state index >= 15 is 0 Å². The number of hydrogen-bond donors (Lipinski definition) is 3. The number of benzene rings is 1. The maximum absolute atomic E-state index is 12.0. The van der Waals surface area contributed by atoms with Gasteiger partial charge in [0.25, 0.3) is 0 Å². The van der Waals surface area contributed by atoms with Gasteiger partial charge in [-0.15, -0.1) is 0 Å². The number of nitrogens with zero attached hydrogens (tertiary/aromatic N) is 1. The lowest BCUT2D eigenvalue weighted by Gasteiger charge is -2.07. The molecule has 3 N–H and O–H groups in total. The van der Waals surface area contributed by atoms with Crippen molar-refractivity contribution in [3.05, 3.63) is 47.0 Å². The van der Waals surface area contributed by atoms with Gasteiger partial charge in [0.15, 0.2) is 0 Å². The minimum absolute atomic E-state index is 0.0428. The molecule has 0 atom stereocenters. The first-order chi connectivity index (χ1) is 9.03. The van der Waals surface area contributed by atoms with Crippen molar-refractivity contribution in [2.45, 2.75) is 18.0 Å². The van der Waals surface area contributed by atoms with E-state index in [1.807, 2.05) is 0 Å². The second-order valence-electron chi connectivity index (χ2n) is 3.77. The summed E-state index contributed by atoms with van der Waals surface area (Å²) in [5.41, 5.74) is 0.478. The van der Waals surface area contributed by atoms with Crippen molar-refractivity contribution in [3.63, 3.8) is 0 Å². The molecule has 0 aliphatic rings. The number of halogens is 1. The first-order valence-electron chi connectivity index (χ1n) is 5.40. The van der Waals surface area contributed by atoms with Gasteiger partial charge in [-0.1, -0.05) is 17.7 Å². The molecule has 1 heterocycles. The van der Waals surface area contributed by atoms with Crippen LogP contribution in [0.25, 0.3) is 0 Å². The SMILES string of the molecule is O=S(=O)(NCc1ncc[nH]1)c1ccc(CO)c(Cl)c1. The van der Waals surface area contributed by atoms with E-state index < -0.39 is 10.0 Å². The van der Waals surface area contributed by atoms with Crippen LogP contribution in [-0.2, 0) is 23.2 Å². The first kappa shape index (κ1) is 14.0. The quantitative estimate of drug-likeness (QED) is 0.769. The molecule has 1 aromatic carbocycles. The molecule has 0 fully saturated rings. The van der Waals surface area contributed by atoms with Gasteiger partial charge in [0.05, 0.1) is 18.0 Å². The molecule has 0 unspecified atom stereocenters. The zero-order valence-electron chi connectivity index (χ0n) is 9.80. The van der Waals surface area contributed by atoms with Crippen molar-refractivity contribution in [3.8, 4) is 0 Å². The fourth-order valence-corrected chi connectivity index (χ4v) is 2.78. The van der Waals surface area contributed by atoms with Crippen molar-refractivity contribution < 1.29 is 13.5 Å². The predicted molar refractivity (Wildman–Crippen MR) is 70.0 cm³/mol. The Hall–Kier alpha value is -1.41. The Morgan fingerprint density at radius 2 is 2.21 bits per heavy atom. The summed E-state index contributed by atoms with van der Waals surface area (Å²) in [5.74, 6) is 0.515. The van der Waals surface area contributed by atoms with Gasteiger partial charge in [0.1, 0.15) is 5.82 Å². The van der Waals surface area contributed by atoms with Crippen molar-refractivity contribution in [1.82, 2.24) is 14.7 Å². The van der Waals surface area contributed by atoms with Crippen LogP contribution in [-0.4, -0.2) is 23.5 Å². The summed E-state index contributed by atoms with van der Waals surface area (Å²) < 4.78 is 26.4. The van der Waals surface area contributed by atoms with Crippen molar-refractivity contribution in [1.29, 1.82) is 0 Å². The number of aromatic nitrogens is 2. The molecular weight excluding hydrogens is 290 g/mol. The number of rotatable bonds is 5. The van der Waals surface area contributed by atoms with Crippen LogP contribution in [0.5, 0.6) is 0 Å². The van der Waals surface area contributed by atoms with Gasteiger partial charge in [-0.3, -0.25) is 0 Å². The molecule has 0 saturated heterocycles. The largest absolute Gasteiger partial charge is 0.392 e. The first-order valence-corrected chi connectivity index (χ1v) is 7.26. The van der Waals surface area contributed by atoms with Gasteiger partial charge in [-0.2, -0.15) is 0 Å². The molecule has 0 aliphatic carbocycles. The van der Waals surface area contributed by atoms with Crippen LogP contribution in [0.2, 0.25) is 5.02 Å². The fourth-order valence-electron chi connectivity index (χ4n) is 1.46. The van der Waals surface area contributed by atoms with Crippen molar-refractivity contribution >= 4 is 21.6 Å². The minimum Gasteiger partial charge on any atom is -0.392 e. The van der Waals surface area contributed by atoms with E-state index in [9.17, 15) is 8.42 Å². The van der Waals surface area contributed by atoms with Crippen LogP contribution in [0, 0.1) is 0 Å². The van der Waals surface area contributed by atoms with E-state index in [2.05, 4.69) is 14.7 Å². The fraction of sp³-hybridized carbons (Fsp3) is 0.182. The smallest absolute Gasteiger partial charge is 0.241 e. The van der Waals surface area contributed by atoms with Gasteiger partial charge < -0.3 is 10.1 Å². The van der Waals surface area contributed by atoms with E-state index in [-0.39, 0.29) is 23.1 Å². The lowest BCUT2D eigenvalue weighted by molar-refractivity contribution is 0.282. The zero-order valence-corrected chi connectivity index (χ0v) is 11.4. The molecule has 2 rings (SSSR count). The average Bonchev–Trinajstić information content (AvgIpc) is 2.89. The van der Waals surface area contributed by atoms with E-state index in [0.29, 0.717) is 11.4 Å². The second kappa shape index (κ2) is 5.70. The molecule has 0 amide bonds. The number of H-pyrrole nitrogens is 1. The highest BCUT2D eigenvalue weighted by Crippen LogP contribution is 2.20. The summed E-state index contributed by atoms with van der Waals surface area (Å²) >= 11 is 5.86. The van der Waals surface area contributed by atoms with E-state index in [4.69, 9.17) is 16.7 Å². The number of sulfonamides is 1. The maximum atomic E-state index is 12.0. The Labute approximate surface area is 115 Å². The third-order valence-corrected chi connectivity index (χ3v) is 4.24. The van der Waals surface area contributed by atoms with Crippen LogP contribution in [0.15, 0.2) is 35.5 Å². The highest BCUT2D eigenvalue weighted by Gasteiger charge is 2.15. The van der Waals surface area contributed by atoms with Gasteiger partial charge in [-0.25, -0.2) is 18.1 Å². The van der Waals surface area contributed by atoms with E-state index in [0.717, 1.165) is 0 Å². The number of aliphatic hydroxyl groups is 1. The zero-order chi connectivity index (χ0) is 13.9. The Kier molecular flexibility index (Phi) is 4.20. The van der Waals surface area contributed by atoms with Crippen LogP contribution in [0.3, 0.4) is 0 Å². The van der Waals surface area contributed by atoms with Gasteiger partial charge in [-0.05, 0) is 17.7 Å². The standard InChI is InChI=1S/C11H12ClN3O3S/c12-10-5-9(2-1-8(10)7-16)19(17,18)15-6-11-13-3-4-14-11/h1-5,15-16H,6-7H2,(H,13,14).